The number of hydrogen-bond donors (Lipinski definition) is 0. The third-order valence-electron chi connectivity index (χ3n) is 2.69. The first kappa shape index (κ1) is 12.9. The summed E-state index contributed by atoms with van der Waals surface area (Å²) in [4.78, 5) is 20.5. The lowest BCUT2D eigenvalue weighted by Crippen LogP contribution is -2.07. The van der Waals surface area contributed by atoms with E-state index in [9.17, 15) is 4.79 Å². The second kappa shape index (κ2) is 5.87. The molecule has 18 heavy (non-hydrogen) atoms. The number of thiazole rings is 1. The molecule has 2 rings (SSSR count). The van der Waals surface area contributed by atoms with Crippen LogP contribution in [0.4, 0.5) is 0 Å². The van der Waals surface area contributed by atoms with E-state index in [4.69, 9.17) is 0 Å². The first-order valence-corrected chi connectivity index (χ1v) is 6.92. The van der Waals surface area contributed by atoms with Crippen molar-refractivity contribution >= 4 is 17.1 Å². The summed E-state index contributed by atoms with van der Waals surface area (Å²) in [6.45, 7) is 4.03. The van der Waals surface area contributed by atoms with Gasteiger partial charge in [-0.15, -0.1) is 11.3 Å². The van der Waals surface area contributed by atoms with Gasteiger partial charge in [0.15, 0.2) is 0 Å². The highest BCUT2D eigenvalue weighted by Gasteiger charge is 2.08. The summed E-state index contributed by atoms with van der Waals surface area (Å²) in [6, 6.07) is 3.97. The molecule has 94 valence electrons. The smallest absolute Gasteiger partial charge is 0.145 e. The Morgan fingerprint density at radius 2 is 2.17 bits per heavy atom. The molecule has 0 saturated carbocycles. The maximum atomic E-state index is 11.9. The van der Waals surface area contributed by atoms with E-state index in [1.54, 1.807) is 11.3 Å². The summed E-state index contributed by atoms with van der Waals surface area (Å²) in [5.74, 6) is 0.168. The third-order valence-corrected chi connectivity index (χ3v) is 3.65. The van der Waals surface area contributed by atoms with Crippen molar-refractivity contribution in [3.63, 3.8) is 0 Å². The molecule has 0 saturated heterocycles. The Morgan fingerprint density at radius 3 is 2.72 bits per heavy atom. The number of pyridine rings is 1. The molecule has 0 radical (unpaired) electrons. The Balaban J connectivity index is 1.94. The standard InChI is InChI=1S/C14H16N2OS/c1-3-11-4-5-12(15-8-11)6-13(17)7-14-16-10(2)9-18-14/h4-5,8-9H,3,6-7H2,1-2H3. The molecule has 0 N–H and O–H groups in total. The number of Topliss-reactive ketones (excluding diaryl/α,β-unsaturated/α-hetero) is 1. The molecule has 0 spiro atoms. The minimum Gasteiger partial charge on any atom is -0.299 e. The molecule has 0 fully saturated rings. The van der Waals surface area contributed by atoms with E-state index in [1.807, 2.05) is 30.6 Å². The van der Waals surface area contributed by atoms with Crippen molar-refractivity contribution in [1.82, 2.24) is 9.97 Å². The Hall–Kier alpha value is -1.55. The van der Waals surface area contributed by atoms with Gasteiger partial charge in [0.05, 0.1) is 6.42 Å². The fraction of sp³-hybridized carbons (Fsp3) is 0.357. The fourth-order valence-corrected chi connectivity index (χ4v) is 2.49. The lowest BCUT2D eigenvalue weighted by Gasteiger charge is -2.00. The van der Waals surface area contributed by atoms with Gasteiger partial charge in [0.1, 0.15) is 10.8 Å². The molecule has 0 aliphatic heterocycles. The van der Waals surface area contributed by atoms with Gasteiger partial charge in [-0.3, -0.25) is 9.78 Å². The van der Waals surface area contributed by atoms with E-state index in [1.165, 1.54) is 5.56 Å². The number of aromatic nitrogens is 2. The number of carbonyl (C=O) groups is 1. The van der Waals surface area contributed by atoms with Crippen LogP contribution in [0.25, 0.3) is 0 Å². The van der Waals surface area contributed by atoms with Gasteiger partial charge < -0.3 is 0 Å². The largest absolute Gasteiger partial charge is 0.299 e. The van der Waals surface area contributed by atoms with E-state index in [-0.39, 0.29) is 5.78 Å². The Labute approximate surface area is 111 Å². The SMILES string of the molecule is CCc1ccc(CC(=O)Cc2nc(C)cs2)nc1. The van der Waals surface area contributed by atoms with Crippen molar-refractivity contribution in [2.45, 2.75) is 33.1 Å². The second-order valence-corrected chi connectivity index (χ2v) is 5.23. The van der Waals surface area contributed by atoms with Gasteiger partial charge in [-0.25, -0.2) is 4.98 Å². The first-order valence-electron chi connectivity index (χ1n) is 6.04. The van der Waals surface area contributed by atoms with Crippen LogP contribution in [0.15, 0.2) is 23.7 Å². The van der Waals surface area contributed by atoms with Gasteiger partial charge in [0, 0.05) is 29.4 Å². The van der Waals surface area contributed by atoms with Crippen LogP contribution in [0.5, 0.6) is 0 Å². The number of aryl methyl sites for hydroxylation is 2. The number of hydrogen-bond acceptors (Lipinski definition) is 4. The zero-order chi connectivity index (χ0) is 13.0. The summed E-state index contributed by atoms with van der Waals surface area (Å²) in [5, 5.41) is 2.86. The minimum absolute atomic E-state index is 0.168. The van der Waals surface area contributed by atoms with Crippen molar-refractivity contribution in [1.29, 1.82) is 0 Å². The molecule has 0 bridgehead atoms. The first-order chi connectivity index (χ1) is 8.67. The van der Waals surface area contributed by atoms with Crippen LogP contribution < -0.4 is 0 Å². The molecule has 2 aromatic heterocycles. The van der Waals surface area contributed by atoms with Gasteiger partial charge in [-0.2, -0.15) is 0 Å². The molecular weight excluding hydrogens is 244 g/mol. The van der Waals surface area contributed by atoms with Gasteiger partial charge >= 0.3 is 0 Å². The highest BCUT2D eigenvalue weighted by atomic mass is 32.1. The predicted molar refractivity (Wildman–Crippen MR) is 72.9 cm³/mol. The van der Waals surface area contributed by atoms with Crippen molar-refractivity contribution < 1.29 is 4.79 Å². The molecule has 0 aromatic carbocycles. The third kappa shape index (κ3) is 3.47. The number of rotatable bonds is 5. The Kier molecular flexibility index (Phi) is 4.20. The van der Waals surface area contributed by atoms with Crippen molar-refractivity contribution in [3.05, 3.63) is 45.7 Å². The number of carbonyl (C=O) groups excluding carboxylic acids is 1. The summed E-state index contributed by atoms with van der Waals surface area (Å²) in [7, 11) is 0. The maximum Gasteiger partial charge on any atom is 0.145 e. The van der Waals surface area contributed by atoms with Crippen LogP contribution in [0, 0.1) is 6.92 Å². The van der Waals surface area contributed by atoms with E-state index in [0.717, 1.165) is 22.8 Å². The van der Waals surface area contributed by atoms with E-state index >= 15 is 0 Å². The molecule has 4 heteroatoms. The normalized spacial score (nSPS) is 10.6. The van der Waals surface area contributed by atoms with Crippen molar-refractivity contribution in [3.8, 4) is 0 Å². The second-order valence-electron chi connectivity index (χ2n) is 4.29. The highest BCUT2D eigenvalue weighted by Crippen LogP contribution is 2.11. The summed E-state index contributed by atoms with van der Waals surface area (Å²) in [6.07, 6.45) is 3.62. The quantitative estimate of drug-likeness (QED) is 0.830. The number of nitrogens with zero attached hydrogens (tertiary/aromatic N) is 2. The van der Waals surface area contributed by atoms with Crippen molar-refractivity contribution in [2.24, 2.45) is 0 Å². The fourth-order valence-electron chi connectivity index (χ4n) is 1.69. The molecule has 0 amide bonds. The monoisotopic (exact) mass is 260 g/mol. The predicted octanol–water partition coefficient (Wildman–Crippen LogP) is 2.76. The van der Waals surface area contributed by atoms with Gasteiger partial charge in [0.2, 0.25) is 0 Å². The zero-order valence-corrected chi connectivity index (χ0v) is 11.5. The van der Waals surface area contributed by atoms with E-state index < -0.39 is 0 Å². The molecule has 3 nitrogen and oxygen atoms in total. The van der Waals surface area contributed by atoms with Gasteiger partial charge in [-0.05, 0) is 25.0 Å². The van der Waals surface area contributed by atoms with Crippen LogP contribution >= 0.6 is 11.3 Å². The maximum absolute atomic E-state index is 11.9. The minimum atomic E-state index is 0.168. The molecule has 0 aliphatic rings. The van der Waals surface area contributed by atoms with Crippen LogP contribution in [0.2, 0.25) is 0 Å². The van der Waals surface area contributed by atoms with E-state index in [0.29, 0.717) is 12.8 Å². The molecule has 0 unspecified atom stereocenters. The topological polar surface area (TPSA) is 42.9 Å². The molecule has 2 aromatic rings. The van der Waals surface area contributed by atoms with E-state index in [2.05, 4.69) is 16.9 Å². The average molecular weight is 260 g/mol. The molecular formula is C14H16N2OS. The van der Waals surface area contributed by atoms with Crippen LogP contribution in [-0.2, 0) is 24.1 Å². The summed E-state index contributed by atoms with van der Waals surface area (Å²) in [5.41, 5.74) is 3.01. The highest BCUT2D eigenvalue weighted by molar-refractivity contribution is 7.09. The molecule has 0 atom stereocenters. The summed E-state index contributed by atoms with van der Waals surface area (Å²) >= 11 is 1.54. The lowest BCUT2D eigenvalue weighted by molar-refractivity contribution is -0.117. The van der Waals surface area contributed by atoms with Gasteiger partial charge in [0.25, 0.3) is 0 Å². The van der Waals surface area contributed by atoms with Gasteiger partial charge in [-0.1, -0.05) is 13.0 Å². The van der Waals surface area contributed by atoms with Crippen LogP contribution in [-0.4, -0.2) is 15.8 Å². The van der Waals surface area contributed by atoms with Crippen LogP contribution in [0.3, 0.4) is 0 Å². The zero-order valence-electron chi connectivity index (χ0n) is 10.6. The van der Waals surface area contributed by atoms with Crippen LogP contribution in [0.1, 0.15) is 28.9 Å². The summed E-state index contributed by atoms with van der Waals surface area (Å²) < 4.78 is 0. The molecule has 2 heterocycles. The Morgan fingerprint density at radius 1 is 1.33 bits per heavy atom. The molecule has 0 aliphatic carbocycles. The number of ketones is 1. The Bertz CT molecular complexity index is 531. The van der Waals surface area contributed by atoms with Crippen molar-refractivity contribution in [2.75, 3.05) is 0 Å². The lowest BCUT2D eigenvalue weighted by atomic mass is 10.1. The average Bonchev–Trinajstić information content (AvgIpc) is 2.75.